The Hall–Kier alpha value is -1.35. The Morgan fingerprint density at radius 2 is 2.27 bits per heavy atom. The van der Waals surface area contributed by atoms with Gasteiger partial charge < -0.3 is 10.1 Å². The number of carbonyl (C=O) groups excluding carboxylic acids is 1. The molecule has 1 atom stereocenters. The zero-order valence-electron chi connectivity index (χ0n) is 9.04. The molecule has 1 aromatic carbocycles. The van der Waals surface area contributed by atoms with Gasteiger partial charge in [0.25, 0.3) is 0 Å². The largest absolute Gasteiger partial charge is 0.359 e. The number of benzene rings is 1. The maximum atomic E-state index is 11.0. The lowest BCUT2D eigenvalue weighted by atomic mass is 9.93. The maximum Gasteiger partial charge on any atom is 0.246 e. The molecule has 0 saturated carbocycles. The molecule has 0 bridgehead atoms. The van der Waals surface area contributed by atoms with Crippen LogP contribution in [0.25, 0.3) is 0 Å². The van der Waals surface area contributed by atoms with E-state index in [4.69, 9.17) is 4.74 Å². The summed E-state index contributed by atoms with van der Waals surface area (Å²) in [5.41, 5.74) is 1.93. The minimum absolute atomic E-state index is 0.0415. The number of hydrogen-bond acceptors (Lipinski definition) is 2. The van der Waals surface area contributed by atoms with Crippen molar-refractivity contribution in [2.24, 2.45) is 0 Å². The van der Waals surface area contributed by atoms with Crippen molar-refractivity contribution in [3.8, 4) is 0 Å². The molecule has 0 aliphatic carbocycles. The molecule has 1 fully saturated rings. The molecule has 0 radical (unpaired) electrons. The Bertz CT molecular complexity index is 377. The fourth-order valence-corrected chi connectivity index (χ4v) is 1.75. The fraction of sp³-hybridized carbons (Fsp3) is 0.417. The number of ether oxygens (including phenoxy) is 1. The van der Waals surface area contributed by atoms with Gasteiger partial charge in [0.2, 0.25) is 5.91 Å². The van der Waals surface area contributed by atoms with Gasteiger partial charge in [0.15, 0.2) is 0 Å². The molecule has 1 aromatic rings. The first-order valence-corrected chi connectivity index (χ1v) is 5.08. The molecule has 2 rings (SSSR count). The van der Waals surface area contributed by atoms with Gasteiger partial charge in [-0.1, -0.05) is 29.8 Å². The summed E-state index contributed by atoms with van der Waals surface area (Å²) in [6.07, 6.45) is 0. The Labute approximate surface area is 89.4 Å². The average Bonchev–Trinajstić information content (AvgIpc) is 2.23. The molecule has 1 aliphatic rings. The molecule has 0 aromatic heterocycles. The first-order valence-electron chi connectivity index (χ1n) is 5.08. The van der Waals surface area contributed by atoms with Gasteiger partial charge in [-0.15, -0.1) is 0 Å². The number of amides is 1. The minimum Gasteiger partial charge on any atom is -0.359 e. The number of rotatable bonds is 1. The van der Waals surface area contributed by atoms with Crippen molar-refractivity contribution in [1.82, 2.24) is 5.32 Å². The predicted molar refractivity (Wildman–Crippen MR) is 57.5 cm³/mol. The van der Waals surface area contributed by atoms with Crippen LogP contribution in [0.1, 0.15) is 18.1 Å². The van der Waals surface area contributed by atoms with Crippen LogP contribution in [0, 0.1) is 6.92 Å². The van der Waals surface area contributed by atoms with Crippen LogP contribution in [-0.2, 0) is 15.1 Å². The van der Waals surface area contributed by atoms with E-state index in [2.05, 4.69) is 11.4 Å². The van der Waals surface area contributed by atoms with E-state index in [9.17, 15) is 4.79 Å². The van der Waals surface area contributed by atoms with Crippen molar-refractivity contribution < 1.29 is 9.53 Å². The quantitative estimate of drug-likeness (QED) is 0.751. The molecule has 3 nitrogen and oxygen atoms in total. The summed E-state index contributed by atoms with van der Waals surface area (Å²) >= 11 is 0. The van der Waals surface area contributed by atoms with Gasteiger partial charge in [-0.2, -0.15) is 0 Å². The zero-order chi connectivity index (χ0) is 10.9. The third-order valence-electron chi connectivity index (χ3n) is 2.77. The topological polar surface area (TPSA) is 38.3 Å². The summed E-state index contributed by atoms with van der Waals surface area (Å²) in [4.78, 5) is 11.0. The third-order valence-corrected chi connectivity index (χ3v) is 2.77. The molecular formula is C12H15NO2. The van der Waals surface area contributed by atoms with Gasteiger partial charge in [0, 0.05) is 0 Å². The summed E-state index contributed by atoms with van der Waals surface area (Å²) in [6.45, 7) is 4.73. The van der Waals surface area contributed by atoms with Crippen LogP contribution >= 0.6 is 0 Å². The lowest BCUT2D eigenvalue weighted by Crippen LogP contribution is -2.48. The van der Waals surface area contributed by atoms with E-state index in [-0.39, 0.29) is 18.1 Å². The third kappa shape index (κ3) is 2.02. The van der Waals surface area contributed by atoms with E-state index in [1.807, 2.05) is 32.0 Å². The van der Waals surface area contributed by atoms with Gasteiger partial charge in [0.1, 0.15) is 12.2 Å². The molecule has 1 amide bonds. The molecule has 1 aliphatic heterocycles. The molecule has 1 unspecified atom stereocenters. The van der Waals surface area contributed by atoms with E-state index in [1.54, 1.807) is 0 Å². The van der Waals surface area contributed by atoms with Crippen LogP contribution in [-0.4, -0.2) is 19.1 Å². The number of nitrogens with one attached hydrogen (secondary N) is 1. The van der Waals surface area contributed by atoms with Crippen molar-refractivity contribution in [3.63, 3.8) is 0 Å². The SMILES string of the molecule is Cc1cccc(C2(C)CNC(=O)CO2)c1. The van der Waals surface area contributed by atoms with Crippen LogP contribution in [0.15, 0.2) is 24.3 Å². The maximum absolute atomic E-state index is 11.0. The highest BCUT2D eigenvalue weighted by Crippen LogP contribution is 2.26. The summed E-state index contributed by atoms with van der Waals surface area (Å²) < 4.78 is 5.61. The Morgan fingerprint density at radius 1 is 1.47 bits per heavy atom. The smallest absolute Gasteiger partial charge is 0.246 e. The van der Waals surface area contributed by atoms with Gasteiger partial charge in [-0.25, -0.2) is 0 Å². The number of carbonyl (C=O) groups is 1. The highest BCUT2D eigenvalue weighted by atomic mass is 16.5. The van der Waals surface area contributed by atoms with Crippen LogP contribution in [0.3, 0.4) is 0 Å². The van der Waals surface area contributed by atoms with Gasteiger partial charge >= 0.3 is 0 Å². The number of hydrogen-bond donors (Lipinski definition) is 1. The highest BCUT2D eigenvalue weighted by Gasteiger charge is 2.32. The normalized spacial score (nSPS) is 26.1. The first kappa shape index (κ1) is 10.2. The summed E-state index contributed by atoms with van der Waals surface area (Å²) in [5.74, 6) is -0.0415. The lowest BCUT2D eigenvalue weighted by Gasteiger charge is -2.34. The standard InChI is InChI=1S/C12H15NO2/c1-9-4-3-5-10(6-9)12(2)8-13-11(14)7-15-12/h3-6H,7-8H2,1-2H3,(H,13,14). The predicted octanol–water partition coefficient (Wildman–Crippen LogP) is 1.36. The van der Waals surface area contributed by atoms with Crippen molar-refractivity contribution >= 4 is 5.91 Å². The zero-order valence-corrected chi connectivity index (χ0v) is 9.04. The monoisotopic (exact) mass is 205 g/mol. The first-order chi connectivity index (χ1) is 7.10. The van der Waals surface area contributed by atoms with Crippen molar-refractivity contribution in [2.75, 3.05) is 13.2 Å². The molecule has 1 saturated heterocycles. The van der Waals surface area contributed by atoms with Gasteiger partial charge in [-0.3, -0.25) is 4.79 Å². The fourth-order valence-electron chi connectivity index (χ4n) is 1.75. The molecule has 0 spiro atoms. The number of morpholine rings is 1. The molecule has 3 heteroatoms. The Morgan fingerprint density at radius 3 is 2.87 bits per heavy atom. The number of aryl methyl sites for hydroxylation is 1. The second kappa shape index (κ2) is 3.66. The van der Waals surface area contributed by atoms with Crippen LogP contribution in [0.5, 0.6) is 0 Å². The van der Waals surface area contributed by atoms with Gasteiger partial charge in [-0.05, 0) is 19.4 Å². The summed E-state index contributed by atoms with van der Waals surface area (Å²) in [7, 11) is 0. The van der Waals surface area contributed by atoms with Crippen LogP contribution in [0.4, 0.5) is 0 Å². The van der Waals surface area contributed by atoms with Crippen LogP contribution < -0.4 is 5.32 Å². The molecule has 80 valence electrons. The molecule has 1 N–H and O–H groups in total. The Kier molecular flexibility index (Phi) is 2.49. The van der Waals surface area contributed by atoms with Crippen molar-refractivity contribution in [3.05, 3.63) is 35.4 Å². The molecular weight excluding hydrogens is 190 g/mol. The van der Waals surface area contributed by atoms with Crippen LogP contribution in [0.2, 0.25) is 0 Å². The molecule has 15 heavy (non-hydrogen) atoms. The second-order valence-electron chi connectivity index (χ2n) is 4.17. The van der Waals surface area contributed by atoms with E-state index < -0.39 is 0 Å². The second-order valence-corrected chi connectivity index (χ2v) is 4.17. The van der Waals surface area contributed by atoms with E-state index in [0.717, 1.165) is 5.56 Å². The Balaban J connectivity index is 2.25. The summed E-state index contributed by atoms with van der Waals surface area (Å²) in [5, 5.41) is 2.83. The minimum atomic E-state index is -0.389. The van der Waals surface area contributed by atoms with E-state index in [1.165, 1.54) is 5.56 Å². The van der Waals surface area contributed by atoms with Gasteiger partial charge in [0.05, 0.1) is 6.54 Å². The summed E-state index contributed by atoms with van der Waals surface area (Å²) in [6, 6.07) is 8.19. The van der Waals surface area contributed by atoms with E-state index in [0.29, 0.717) is 6.54 Å². The van der Waals surface area contributed by atoms with Crippen molar-refractivity contribution in [1.29, 1.82) is 0 Å². The lowest BCUT2D eigenvalue weighted by molar-refractivity contribution is -0.142. The van der Waals surface area contributed by atoms with Crippen molar-refractivity contribution in [2.45, 2.75) is 19.4 Å². The average molecular weight is 205 g/mol. The highest BCUT2D eigenvalue weighted by molar-refractivity contribution is 5.78. The van der Waals surface area contributed by atoms with E-state index >= 15 is 0 Å². The molecule has 1 heterocycles.